The third kappa shape index (κ3) is 4.41. The fraction of sp³-hybridized carbons (Fsp3) is 0.423. The molecule has 1 spiro atoms. The minimum absolute atomic E-state index is 0.0517. The van der Waals surface area contributed by atoms with E-state index in [1.54, 1.807) is 24.8 Å². The number of rotatable bonds is 8. The van der Waals surface area contributed by atoms with Gasteiger partial charge in [-0.15, -0.1) is 0 Å². The molecule has 1 aliphatic carbocycles. The monoisotopic (exact) mass is 499 g/mol. The van der Waals surface area contributed by atoms with Crippen molar-refractivity contribution in [3.05, 3.63) is 47.5 Å². The van der Waals surface area contributed by atoms with Crippen LogP contribution in [0.2, 0.25) is 0 Å². The number of likely N-dealkylation sites (tertiary alicyclic amines) is 1. The molecule has 36 heavy (non-hydrogen) atoms. The molecule has 2 aliphatic rings. The summed E-state index contributed by atoms with van der Waals surface area (Å²) in [6, 6.07) is 10.5. The number of aliphatic hydroxyl groups is 1. The number of halogens is 2. The second kappa shape index (κ2) is 9.50. The summed E-state index contributed by atoms with van der Waals surface area (Å²) < 4.78 is 41.7. The molecule has 3 aromatic rings. The molecule has 8 nitrogen and oxygen atoms in total. The Bertz CT molecular complexity index is 1280. The van der Waals surface area contributed by atoms with Crippen molar-refractivity contribution in [1.29, 1.82) is 0 Å². The van der Waals surface area contributed by atoms with E-state index in [0.29, 0.717) is 30.9 Å². The first-order chi connectivity index (χ1) is 17.3. The molecule has 1 atom stereocenters. The number of aliphatic hydroxyl groups excluding tert-OH is 1. The molecule has 190 valence electrons. The molecular weight excluding hydrogens is 472 g/mol. The Kier molecular flexibility index (Phi) is 6.38. The number of nitrogens with zero attached hydrogens (tertiary/aromatic N) is 3. The van der Waals surface area contributed by atoms with Crippen LogP contribution in [0.15, 0.2) is 40.9 Å². The third-order valence-electron chi connectivity index (χ3n) is 6.74. The summed E-state index contributed by atoms with van der Waals surface area (Å²) in [4.78, 5) is 18.8. The number of alkyl halides is 2. The van der Waals surface area contributed by atoms with Gasteiger partial charge in [0.25, 0.3) is 5.89 Å². The van der Waals surface area contributed by atoms with Gasteiger partial charge in [0.05, 0.1) is 12.7 Å². The minimum Gasteiger partial charge on any atom is -0.487 e. The summed E-state index contributed by atoms with van der Waals surface area (Å²) in [7, 11) is 0. The molecular formula is C26H27F2N3O5. The molecule has 10 heteroatoms. The highest BCUT2D eigenvalue weighted by molar-refractivity contribution is 5.82. The predicted molar refractivity (Wildman–Crippen MR) is 126 cm³/mol. The van der Waals surface area contributed by atoms with Gasteiger partial charge in [0.2, 0.25) is 11.7 Å². The lowest BCUT2D eigenvalue weighted by atomic mass is 9.80. The van der Waals surface area contributed by atoms with Crippen LogP contribution in [0.1, 0.15) is 37.8 Å². The van der Waals surface area contributed by atoms with E-state index in [4.69, 9.17) is 9.26 Å². The van der Waals surface area contributed by atoms with Crippen molar-refractivity contribution in [3.8, 4) is 34.3 Å². The van der Waals surface area contributed by atoms with Crippen LogP contribution in [0.5, 0.6) is 11.5 Å². The quantitative estimate of drug-likeness (QED) is 0.496. The number of ether oxygens (including phenoxy) is 2. The zero-order valence-corrected chi connectivity index (χ0v) is 20.0. The van der Waals surface area contributed by atoms with Crippen LogP contribution in [0.4, 0.5) is 8.78 Å². The Morgan fingerprint density at radius 1 is 1.19 bits per heavy atom. The van der Waals surface area contributed by atoms with Crippen molar-refractivity contribution in [3.63, 3.8) is 0 Å². The van der Waals surface area contributed by atoms with E-state index in [2.05, 4.69) is 14.9 Å². The molecule has 2 aromatic carbocycles. The number of benzene rings is 2. The number of hydrogen-bond donors (Lipinski definition) is 1. The average Bonchev–Trinajstić information content (AvgIpc) is 3.53. The fourth-order valence-corrected chi connectivity index (χ4v) is 5.28. The van der Waals surface area contributed by atoms with Crippen molar-refractivity contribution in [2.24, 2.45) is 0 Å². The van der Waals surface area contributed by atoms with Crippen LogP contribution < -0.4 is 9.47 Å². The molecule has 0 saturated carbocycles. The van der Waals surface area contributed by atoms with Crippen molar-refractivity contribution >= 4 is 5.91 Å². The van der Waals surface area contributed by atoms with E-state index in [1.807, 2.05) is 18.2 Å². The van der Waals surface area contributed by atoms with E-state index in [-0.39, 0.29) is 41.4 Å². The Morgan fingerprint density at radius 2 is 2.03 bits per heavy atom. The van der Waals surface area contributed by atoms with E-state index >= 15 is 0 Å². The predicted octanol–water partition coefficient (Wildman–Crippen LogP) is 4.20. The average molecular weight is 500 g/mol. The maximum absolute atomic E-state index is 13.0. The van der Waals surface area contributed by atoms with Crippen LogP contribution in [-0.2, 0) is 16.6 Å². The summed E-state index contributed by atoms with van der Waals surface area (Å²) in [6.07, 6.45) is 1.78. The molecule has 2 heterocycles. The maximum Gasteiger partial charge on any atom is 0.387 e. The van der Waals surface area contributed by atoms with E-state index in [9.17, 15) is 18.7 Å². The molecule has 1 amide bonds. The van der Waals surface area contributed by atoms with Gasteiger partial charge in [0.15, 0.2) is 11.5 Å². The standard InChI is InChI=1S/C26H27F2N3O5/c1-15(2)34-20-7-6-16(12-21(20)35-25(27)28)24-29-23(30-36-24)18-4-3-5-19-17(18)8-9-26(19)13-22(33)31(14-26)10-11-32/h3-7,12,15,25,32H,8-11,13-14H2,1-2H3/t26-/m1/s1. The zero-order valence-electron chi connectivity index (χ0n) is 20.0. The Labute approximate surface area is 206 Å². The van der Waals surface area contributed by atoms with E-state index in [1.165, 1.54) is 12.1 Å². The van der Waals surface area contributed by atoms with Gasteiger partial charge in [-0.3, -0.25) is 4.79 Å². The number of aromatic nitrogens is 2. The Morgan fingerprint density at radius 3 is 2.78 bits per heavy atom. The van der Waals surface area contributed by atoms with Gasteiger partial charge in [-0.25, -0.2) is 0 Å². The summed E-state index contributed by atoms with van der Waals surface area (Å²) in [5.41, 5.74) is 3.13. The topological polar surface area (TPSA) is 97.9 Å². The highest BCUT2D eigenvalue weighted by Gasteiger charge is 2.48. The minimum atomic E-state index is -3.01. The largest absolute Gasteiger partial charge is 0.487 e. The van der Waals surface area contributed by atoms with Gasteiger partial charge in [-0.05, 0) is 56.0 Å². The maximum atomic E-state index is 13.0. The molecule has 1 fully saturated rings. The molecule has 0 radical (unpaired) electrons. The smallest absolute Gasteiger partial charge is 0.387 e. The normalized spacial score (nSPS) is 19.1. The Balaban J connectivity index is 1.46. The molecule has 1 N–H and O–H groups in total. The van der Waals surface area contributed by atoms with Crippen molar-refractivity contribution in [2.45, 2.75) is 51.2 Å². The first-order valence-corrected chi connectivity index (χ1v) is 11.9. The summed E-state index contributed by atoms with van der Waals surface area (Å²) in [5, 5.41) is 13.5. The van der Waals surface area contributed by atoms with Crippen molar-refractivity contribution < 1.29 is 32.7 Å². The third-order valence-corrected chi connectivity index (χ3v) is 6.74. The van der Waals surface area contributed by atoms with E-state index < -0.39 is 6.61 Å². The van der Waals surface area contributed by atoms with Crippen LogP contribution in [-0.4, -0.2) is 58.5 Å². The molecule has 0 unspecified atom stereocenters. The summed E-state index contributed by atoms with van der Waals surface area (Å²) >= 11 is 0. The highest BCUT2D eigenvalue weighted by Crippen LogP contribution is 2.48. The number of hydrogen-bond acceptors (Lipinski definition) is 7. The molecule has 1 aliphatic heterocycles. The second-order valence-corrected chi connectivity index (χ2v) is 9.46. The SMILES string of the molecule is CC(C)Oc1ccc(-c2nc(-c3cccc4c3CC[C@]43CC(=O)N(CCO)C3)no2)cc1OC(F)F. The van der Waals surface area contributed by atoms with Crippen molar-refractivity contribution in [2.75, 3.05) is 19.7 Å². The van der Waals surface area contributed by atoms with Gasteiger partial charge in [-0.2, -0.15) is 13.8 Å². The van der Waals surface area contributed by atoms with Crippen LogP contribution >= 0.6 is 0 Å². The molecule has 5 rings (SSSR count). The molecule has 1 aromatic heterocycles. The lowest BCUT2D eigenvalue weighted by molar-refractivity contribution is -0.128. The van der Waals surface area contributed by atoms with Crippen LogP contribution in [0.25, 0.3) is 22.8 Å². The number of carbonyl (C=O) groups is 1. The van der Waals surface area contributed by atoms with Gasteiger partial charge < -0.3 is 24.0 Å². The molecule has 1 saturated heterocycles. The lowest BCUT2D eigenvalue weighted by Crippen LogP contribution is -2.32. The number of amides is 1. The lowest BCUT2D eigenvalue weighted by Gasteiger charge is -2.24. The number of fused-ring (bicyclic) bond motifs is 2. The Hall–Kier alpha value is -3.53. The summed E-state index contributed by atoms with van der Waals surface area (Å²) in [5.74, 6) is 0.680. The first kappa shape index (κ1) is 24.2. The highest BCUT2D eigenvalue weighted by atomic mass is 19.3. The molecule has 0 bridgehead atoms. The van der Waals surface area contributed by atoms with Gasteiger partial charge in [0.1, 0.15) is 0 Å². The first-order valence-electron chi connectivity index (χ1n) is 11.9. The van der Waals surface area contributed by atoms with Gasteiger partial charge in [0, 0.05) is 36.1 Å². The second-order valence-electron chi connectivity index (χ2n) is 9.46. The van der Waals surface area contributed by atoms with Crippen LogP contribution in [0, 0.1) is 0 Å². The van der Waals surface area contributed by atoms with Crippen LogP contribution in [0.3, 0.4) is 0 Å². The van der Waals surface area contributed by atoms with E-state index in [0.717, 1.165) is 29.5 Å². The fourth-order valence-electron chi connectivity index (χ4n) is 5.28. The van der Waals surface area contributed by atoms with Gasteiger partial charge >= 0.3 is 6.61 Å². The zero-order chi connectivity index (χ0) is 25.4. The summed E-state index contributed by atoms with van der Waals surface area (Å²) in [6.45, 7) is 1.43. The number of β-amino-alcohol motifs (C(OH)–C–C–N with tert-alkyl or cyclic N) is 1. The van der Waals surface area contributed by atoms with Gasteiger partial charge in [-0.1, -0.05) is 23.4 Å². The van der Waals surface area contributed by atoms with Crippen molar-refractivity contribution in [1.82, 2.24) is 15.0 Å². The number of carbonyl (C=O) groups excluding carboxylic acids is 1.